The second-order valence-corrected chi connectivity index (χ2v) is 10.4. The number of nitriles is 1. The van der Waals surface area contributed by atoms with Gasteiger partial charge in [-0.15, -0.1) is 0 Å². The van der Waals surface area contributed by atoms with Gasteiger partial charge in [-0.25, -0.2) is 0 Å². The Balaban J connectivity index is 2.65. The van der Waals surface area contributed by atoms with Gasteiger partial charge in [-0.1, -0.05) is 46.5 Å². The van der Waals surface area contributed by atoms with E-state index in [9.17, 15) is 10.1 Å². The molecule has 2 rings (SSSR count). The van der Waals surface area contributed by atoms with Crippen LogP contribution < -0.4 is 0 Å². The minimum absolute atomic E-state index is 0.0220. The lowest BCUT2D eigenvalue weighted by Crippen LogP contribution is -2.69. The Bertz CT molecular complexity index is 626. The zero-order valence-electron chi connectivity index (χ0n) is 16.1. The zero-order chi connectivity index (χ0) is 17.9. The Morgan fingerprint density at radius 2 is 1.65 bits per heavy atom. The van der Waals surface area contributed by atoms with Crippen LogP contribution in [0, 0.1) is 56.2 Å². The summed E-state index contributed by atoms with van der Waals surface area (Å²) in [5, 5.41) is 10.1. The molecule has 0 spiro atoms. The lowest BCUT2D eigenvalue weighted by molar-refractivity contribution is -0.183. The molecule has 0 heterocycles. The molecule has 0 aromatic carbocycles. The molecule has 2 fully saturated rings. The molecule has 126 valence electrons. The van der Waals surface area contributed by atoms with Crippen molar-refractivity contribution in [2.45, 2.75) is 74.7 Å². The van der Waals surface area contributed by atoms with E-state index in [1.165, 1.54) is 0 Å². The molecule has 3 atom stereocenters. The van der Waals surface area contributed by atoms with Crippen molar-refractivity contribution in [3.63, 3.8) is 0 Å². The maximum absolute atomic E-state index is 13.3. The summed E-state index contributed by atoms with van der Waals surface area (Å²) in [5.41, 5.74) is -1.85. The van der Waals surface area contributed by atoms with E-state index in [2.05, 4.69) is 73.3 Å². The van der Waals surface area contributed by atoms with Gasteiger partial charge in [0, 0.05) is 11.8 Å². The van der Waals surface area contributed by atoms with Crippen molar-refractivity contribution in [2.24, 2.45) is 33.0 Å². The summed E-state index contributed by atoms with van der Waals surface area (Å²) < 4.78 is 0. The number of carbonyl (C=O) groups is 1. The summed E-state index contributed by atoms with van der Waals surface area (Å²) in [6, 6.07) is 2.57. The summed E-state index contributed by atoms with van der Waals surface area (Å²) in [7, 11) is 0. The third-order valence-corrected chi connectivity index (χ3v) is 5.82. The maximum atomic E-state index is 13.3. The van der Waals surface area contributed by atoms with E-state index < -0.39 is 10.8 Å². The highest BCUT2D eigenvalue weighted by atomic mass is 16.1. The van der Waals surface area contributed by atoms with Crippen LogP contribution in [0.2, 0.25) is 0 Å². The quantitative estimate of drug-likeness (QED) is 0.591. The Morgan fingerprint density at radius 3 is 2.04 bits per heavy atom. The lowest BCUT2D eigenvalue weighted by Gasteiger charge is -2.66. The number of carbonyl (C=O) groups excluding carboxylic acids is 1. The van der Waals surface area contributed by atoms with Crippen LogP contribution in [0.3, 0.4) is 0 Å². The van der Waals surface area contributed by atoms with Gasteiger partial charge in [0.15, 0.2) is 5.78 Å². The number of ketones is 1. The molecule has 2 nitrogen and oxygen atoms in total. The highest BCUT2D eigenvalue weighted by Crippen LogP contribution is 2.72. The molecular formula is C21H31NO. The summed E-state index contributed by atoms with van der Waals surface area (Å²) in [6.07, 6.45) is 2.31. The first kappa shape index (κ1) is 18.1. The lowest BCUT2D eigenvalue weighted by atomic mass is 9.33. The zero-order valence-corrected chi connectivity index (χ0v) is 16.1. The van der Waals surface area contributed by atoms with E-state index >= 15 is 0 Å². The summed E-state index contributed by atoms with van der Waals surface area (Å²) in [4.78, 5) is 13.3. The van der Waals surface area contributed by atoms with Gasteiger partial charge in [0.1, 0.15) is 5.41 Å². The van der Waals surface area contributed by atoms with E-state index in [0.29, 0.717) is 6.42 Å². The fourth-order valence-electron chi connectivity index (χ4n) is 4.67. The Labute approximate surface area is 142 Å². The van der Waals surface area contributed by atoms with Crippen molar-refractivity contribution >= 4 is 5.78 Å². The normalized spacial score (nSPS) is 36.1. The van der Waals surface area contributed by atoms with Crippen LogP contribution >= 0.6 is 0 Å². The van der Waals surface area contributed by atoms with E-state index in [1.54, 1.807) is 0 Å². The molecule has 0 radical (unpaired) electrons. The highest BCUT2D eigenvalue weighted by molar-refractivity contribution is 5.93. The maximum Gasteiger partial charge on any atom is 0.153 e. The molecule has 0 aromatic heterocycles. The Kier molecular flexibility index (Phi) is 3.82. The van der Waals surface area contributed by atoms with Gasteiger partial charge in [-0.2, -0.15) is 5.26 Å². The van der Waals surface area contributed by atoms with E-state index in [0.717, 1.165) is 12.8 Å². The largest absolute Gasteiger partial charge is 0.298 e. The predicted octanol–water partition coefficient (Wildman–Crippen LogP) is 4.99. The first-order valence-corrected chi connectivity index (χ1v) is 8.70. The topological polar surface area (TPSA) is 40.9 Å². The second-order valence-electron chi connectivity index (χ2n) is 10.4. The number of hydrogen-bond acceptors (Lipinski definition) is 2. The summed E-state index contributed by atoms with van der Waals surface area (Å²) in [6.45, 7) is 16.8. The monoisotopic (exact) mass is 313 g/mol. The molecule has 0 aromatic rings. The SMILES string of the molecule is CC(C)(C)C#C[C@@]12C(=O)CC(C)(C)C[C@@H]1C[C@@]2(C#N)C(C)(C)C. The molecule has 2 saturated carbocycles. The van der Waals surface area contributed by atoms with Crippen LogP contribution in [0.1, 0.15) is 74.7 Å². The number of rotatable bonds is 0. The minimum atomic E-state index is -0.775. The molecule has 0 N–H and O–H groups in total. The van der Waals surface area contributed by atoms with Crippen molar-refractivity contribution in [3.05, 3.63) is 0 Å². The second kappa shape index (κ2) is 4.86. The smallest absolute Gasteiger partial charge is 0.153 e. The molecule has 23 heavy (non-hydrogen) atoms. The molecule has 2 aliphatic carbocycles. The third kappa shape index (κ3) is 2.52. The minimum Gasteiger partial charge on any atom is -0.298 e. The number of nitrogens with zero attached hydrogens (tertiary/aromatic N) is 1. The van der Waals surface area contributed by atoms with Crippen molar-refractivity contribution < 1.29 is 4.79 Å². The number of Topliss-reactive ketones (excluding diaryl/α,β-unsaturated/α-hetero) is 1. The average Bonchev–Trinajstić information content (AvgIpc) is 2.29. The van der Waals surface area contributed by atoms with Crippen LogP contribution in [-0.2, 0) is 4.79 Å². The van der Waals surface area contributed by atoms with Gasteiger partial charge in [0.25, 0.3) is 0 Å². The average molecular weight is 313 g/mol. The molecule has 0 saturated heterocycles. The first-order chi connectivity index (χ1) is 10.2. The van der Waals surface area contributed by atoms with Crippen LogP contribution in [0.15, 0.2) is 0 Å². The van der Waals surface area contributed by atoms with Gasteiger partial charge in [-0.05, 0) is 50.4 Å². The van der Waals surface area contributed by atoms with Crippen molar-refractivity contribution in [1.29, 1.82) is 5.26 Å². The first-order valence-electron chi connectivity index (χ1n) is 8.70. The summed E-state index contributed by atoms with van der Waals surface area (Å²) in [5.74, 6) is 7.11. The standard InChI is InChI=1S/C21H31NO/c1-17(2,3)9-10-21-15(11-19(7,8)13-16(21)23)12-20(21,14-22)18(4,5)6/h15H,11-13H2,1-8H3/t15-,20-,21+/m1/s1. The number of fused-ring (bicyclic) bond motifs is 1. The Hall–Kier alpha value is -1.28. The molecule has 0 aliphatic heterocycles. The highest BCUT2D eigenvalue weighted by Gasteiger charge is 2.75. The van der Waals surface area contributed by atoms with Crippen LogP contribution in [0.25, 0.3) is 0 Å². The molecule has 0 unspecified atom stereocenters. The predicted molar refractivity (Wildman–Crippen MR) is 93.3 cm³/mol. The van der Waals surface area contributed by atoms with Crippen molar-refractivity contribution in [1.82, 2.24) is 0 Å². The van der Waals surface area contributed by atoms with Gasteiger partial charge >= 0.3 is 0 Å². The van der Waals surface area contributed by atoms with Gasteiger partial charge in [0.2, 0.25) is 0 Å². The van der Waals surface area contributed by atoms with Crippen LogP contribution in [0.5, 0.6) is 0 Å². The fourth-order valence-corrected chi connectivity index (χ4v) is 4.67. The van der Waals surface area contributed by atoms with Gasteiger partial charge < -0.3 is 0 Å². The van der Waals surface area contributed by atoms with E-state index in [1.807, 2.05) is 0 Å². The molecule has 0 amide bonds. The fraction of sp³-hybridized carbons (Fsp3) is 0.810. The molecule has 0 bridgehead atoms. The van der Waals surface area contributed by atoms with E-state index in [-0.39, 0.29) is 27.9 Å². The van der Waals surface area contributed by atoms with Crippen LogP contribution in [0.4, 0.5) is 0 Å². The van der Waals surface area contributed by atoms with Gasteiger partial charge in [0.05, 0.1) is 11.5 Å². The third-order valence-electron chi connectivity index (χ3n) is 5.82. The molecule has 2 aliphatic rings. The van der Waals surface area contributed by atoms with E-state index in [4.69, 9.17) is 0 Å². The van der Waals surface area contributed by atoms with Gasteiger partial charge in [-0.3, -0.25) is 4.79 Å². The molecule has 2 heteroatoms. The van der Waals surface area contributed by atoms with Crippen molar-refractivity contribution in [2.75, 3.05) is 0 Å². The Morgan fingerprint density at radius 1 is 1.09 bits per heavy atom. The summed E-state index contributed by atoms with van der Waals surface area (Å²) >= 11 is 0. The number of hydrogen-bond donors (Lipinski definition) is 0. The van der Waals surface area contributed by atoms with Crippen molar-refractivity contribution in [3.8, 4) is 17.9 Å². The molecular weight excluding hydrogens is 282 g/mol. The van der Waals surface area contributed by atoms with Crippen LogP contribution in [-0.4, -0.2) is 5.78 Å².